The summed E-state index contributed by atoms with van der Waals surface area (Å²) < 4.78 is 5.72. The van der Waals surface area contributed by atoms with Crippen LogP contribution in [-0.2, 0) is 9.59 Å². The van der Waals surface area contributed by atoms with Gasteiger partial charge >= 0.3 is 0 Å². The molecule has 0 spiro atoms. The molecule has 0 aromatic heterocycles. The van der Waals surface area contributed by atoms with Gasteiger partial charge in [-0.1, -0.05) is 42.0 Å². The molecule has 0 atom stereocenters. The SMILES string of the molecule is CCOc1ccccc1N1C(=O)C(c2ccc(C)cc2)=C(N2CCN(CCO)CC2)C1=O. The molecule has 0 aliphatic carbocycles. The Labute approximate surface area is 188 Å². The van der Waals surface area contributed by atoms with Gasteiger partial charge in [0.05, 0.1) is 24.5 Å². The van der Waals surface area contributed by atoms with Crippen LogP contribution in [0.5, 0.6) is 5.75 Å². The summed E-state index contributed by atoms with van der Waals surface area (Å²) in [5, 5.41) is 9.23. The lowest BCUT2D eigenvalue weighted by Gasteiger charge is -2.36. The minimum absolute atomic E-state index is 0.108. The van der Waals surface area contributed by atoms with E-state index in [9.17, 15) is 14.7 Å². The minimum Gasteiger partial charge on any atom is -0.492 e. The molecule has 0 bridgehead atoms. The molecule has 4 rings (SSSR count). The molecule has 0 saturated carbocycles. The third-order valence-electron chi connectivity index (χ3n) is 5.91. The molecule has 2 aliphatic rings. The van der Waals surface area contributed by atoms with E-state index in [4.69, 9.17) is 4.74 Å². The van der Waals surface area contributed by atoms with Gasteiger partial charge in [0.1, 0.15) is 11.4 Å². The molecule has 1 N–H and O–H groups in total. The fraction of sp³-hybridized carbons (Fsp3) is 0.360. The largest absolute Gasteiger partial charge is 0.492 e. The third kappa shape index (κ3) is 4.13. The topological polar surface area (TPSA) is 73.3 Å². The Kier molecular flexibility index (Phi) is 6.58. The van der Waals surface area contributed by atoms with Gasteiger partial charge in [-0.3, -0.25) is 14.5 Å². The predicted molar refractivity (Wildman–Crippen MR) is 123 cm³/mol. The zero-order valence-electron chi connectivity index (χ0n) is 18.6. The Hall–Kier alpha value is -3.16. The van der Waals surface area contributed by atoms with Crippen molar-refractivity contribution in [2.75, 3.05) is 50.8 Å². The molecule has 2 aromatic rings. The summed E-state index contributed by atoms with van der Waals surface area (Å²) >= 11 is 0. The van der Waals surface area contributed by atoms with Crippen molar-refractivity contribution in [1.82, 2.24) is 9.80 Å². The number of nitrogens with zero attached hydrogens (tertiary/aromatic N) is 3. The molecule has 2 amide bonds. The first kappa shape index (κ1) is 22.0. The maximum absolute atomic E-state index is 13.7. The minimum atomic E-state index is -0.334. The van der Waals surface area contributed by atoms with Gasteiger partial charge in [0, 0.05) is 32.7 Å². The average molecular weight is 436 g/mol. The molecule has 32 heavy (non-hydrogen) atoms. The molecule has 0 unspecified atom stereocenters. The number of β-amino-alcohol motifs (C(OH)–C–C–N with tert-alkyl or cyclic N) is 1. The molecule has 2 heterocycles. The Morgan fingerprint density at radius 3 is 2.28 bits per heavy atom. The molecule has 7 heteroatoms. The van der Waals surface area contributed by atoms with Gasteiger partial charge in [0.25, 0.3) is 11.8 Å². The highest BCUT2D eigenvalue weighted by Crippen LogP contribution is 2.38. The van der Waals surface area contributed by atoms with Crippen LogP contribution in [0, 0.1) is 6.92 Å². The van der Waals surface area contributed by atoms with Crippen LogP contribution in [0.4, 0.5) is 5.69 Å². The Bertz CT molecular complexity index is 1020. The van der Waals surface area contributed by atoms with Crippen molar-refractivity contribution in [3.63, 3.8) is 0 Å². The summed E-state index contributed by atoms with van der Waals surface area (Å²) in [7, 11) is 0. The number of rotatable bonds is 7. The zero-order chi connectivity index (χ0) is 22.7. The molecule has 0 radical (unpaired) electrons. The van der Waals surface area contributed by atoms with Gasteiger partial charge in [-0.15, -0.1) is 0 Å². The molecular formula is C25H29N3O4. The number of hydrogen-bond donors (Lipinski definition) is 1. The molecule has 1 saturated heterocycles. The number of aliphatic hydroxyl groups is 1. The van der Waals surface area contributed by atoms with Gasteiger partial charge in [-0.2, -0.15) is 0 Å². The van der Waals surface area contributed by atoms with E-state index >= 15 is 0 Å². The number of piperazine rings is 1. The lowest BCUT2D eigenvalue weighted by Crippen LogP contribution is -2.48. The summed E-state index contributed by atoms with van der Waals surface area (Å²) in [6.07, 6.45) is 0. The first-order valence-corrected chi connectivity index (χ1v) is 11.0. The summed E-state index contributed by atoms with van der Waals surface area (Å²) in [6, 6.07) is 14.9. The molecular weight excluding hydrogens is 406 g/mol. The smallest absolute Gasteiger partial charge is 0.282 e. The van der Waals surface area contributed by atoms with Crippen molar-refractivity contribution in [2.24, 2.45) is 0 Å². The number of para-hydroxylation sites is 2. The van der Waals surface area contributed by atoms with E-state index in [0.29, 0.717) is 48.9 Å². The monoisotopic (exact) mass is 435 g/mol. The van der Waals surface area contributed by atoms with Crippen molar-refractivity contribution >= 4 is 23.1 Å². The summed E-state index contributed by atoms with van der Waals surface area (Å²) in [6.45, 7) is 7.70. The van der Waals surface area contributed by atoms with Crippen LogP contribution in [0.25, 0.3) is 5.57 Å². The average Bonchev–Trinajstić information content (AvgIpc) is 3.06. The first-order valence-electron chi connectivity index (χ1n) is 11.0. The maximum atomic E-state index is 13.7. The number of carbonyl (C=O) groups excluding carboxylic acids is 2. The number of imide groups is 1. The van der Waals surface area contributed by atoms with Crippen LogP contribution < -0.4 is 9.64 Å². The highest BCUT2D eigenvalue weighted by molar-refractivity contribution is 6.45. The molecule has 168 valence electrons. The predicted octanol–water partition coefficient (Wildman–Crippen LogP) is 2.29. The van der Waals surface area contributed by atoms with Gasteiger partial charge in [-0.25, -0.2) is 4.90 Å². The van der Waals surface area contributed by atoms with Crippen molar-refractivity contribution in [1.29, 1.82) is 0 Å². The fourth-order valence-electron chi connectivity index (χ4n) is 4.27. The highest BCUT2D eigenvalue weighted by atomic mass is 16.5. The number of anilines is 1. The maximum Gasteiger partial charge on any atom is 0.282 e. The number of benzene rings is 2. The van der Waals surface area contributed by atoms with Crippen LogP contribution in [0.15, 0.2) is 54.2 Å². The fourth-order valence-corrected chi connectivity index (χ4v) is 4.27. The summed E-state index contributed by atoms with van der Waals surface area (Å²) in [4.78, 5) is 32.8. The summed E-state index contributed by atoms with van der Waals surface area (Å²) in [5.41, 5.74) is 3.15. The lowest BCUT2D eigenvalue weighted by molar-refractivity contribution is -0.120. The number of aliphatic hydroxyl groups excluding tert-OH is 1. The van der Waals surface area contributed by atoms with Gasteiger partial charge in [0.2, 0.25) is 0 Å². The second-order valence-corrected chi connectivity index (χ2v) is 7.99. The second kappa shape index (κ2) is 9.54. The number of hydrogen-bond acceptors (Lipinski definition) is 6. The molecule has 2 aliphatic heterocycles. The van der Waals surface area contributed by atoms with Crippen molar-refractivity contribution in [3.8, 4) is 5.75 Å². The number of carbonyl (C=O) groups is 2. The number of aryl methyl sites for hydroxylation is 1. The molecule has 7 nitrogen and oxygen atoms in total. The third-order valence-corrected chi connectivity index (χ3v) is 5.91. The van der Waals surface area contributed by atoms with Gasteiger partial charge < -0.3 is 14.7 Å². The normalized spacial score (nSPS) is 17.5. The highest BCUT2D eigenvalue weighted by Gasteiger charge is 2.43. The van der Waals surface area contributed by atoms with E-state index in [2.05, 4.69) is 4.90 Å². The first-order chi connectivity index (χ1) is 15.5. The van der Waals surface area contributed by atoms with Crippen LogP contribution >= 0.6 is 0 Å². The van der Waals surface area contributed by atoms with Gasteiger partial charge in [0.15, 0.2) is 0 Å². The van der Waals surface area contributed by atoms with E-state index in [1.165, 1.54) is 4.90 Å². The van der Waals surface area contributed by atoms with Crippen molar-refractivity contribution in [2.45, 2.75) is 13.8 Å². The van der Waals surface area contributed by atoms with Crippen LogP contribution in [0.2, 0.25) is 0 Å². The molecule has 1 fully saturated rings. The van der Waals surface area contributed by atoms with Crippen LogP contribution in [-0.4, -0.2) is 72.7 Å². The lowest BCUT2D eigenvalue weighted by atomic mass is 10.0. The number of ether oxygens (including phenoxy) is 1. The second-order valence-electron chi connectivity index (χ2n) is 7.99. The van der Waals surface area contributed by atoms with Crippen molar-refractivity contribution in [3.05, 3.63) is 65.4 Å². The van der Waals surface area contributed by atoms with E-state index in [1.807, 2.05) is 49.1 Å². The standard InChI is InChI=1S/C25H29N3O4/c1-3-32-21-7-5-4-6-20(21)28-24(30)22(19-10-8-18(2)9-11-19)23(25(28)31)27-14-12-26(13-15-27)16-17-29/h4-11,29H,3,12-17H2,1-2H3. The van der Waals surface area contributed by atoms with E-state index in [0.717, 1.165) is 24.2 Å². The summed E-state index contributed by atoms with van der Waals surface area (Å²) in [5.74, 6) is -0.152. The Morgan fingerprint density at radius 1 is 0.938 bits per heavy atom. The van der Waals surface area contributed by atoms with E-state index in [-0.39, 0.29) is 18.4 Å². The Balaban J connectivity index is 1.75. The zero-order valence-corrected chi connectivity index (χ0v) is 18.6. The Morgan fingerprint density at radius 2 is 1.62 bits per heavy atom. The van der Waals surface area contributed by atoms with Gasteiger partial charge in [-0.05, 0) is 31.5 Å². The molecule has 2 aromatic carbocycles. The quantitative estimate of drug-likeness (QED) is 0.673. The van der Waals surface area contributed by atoms with Crippen molar-refractivity contribution < 1.29 is 19.4 Å². The van der Waals surface area contributed by atoms with Crippen LogP contribution in [0.3, 0.4) is 0 Å². The number of amides is 2. The van der Waals surface area contributed by atoms with Crippen LogP contribution in [0.1, 0.15) is 18.1 Å². The van der Waals surface area contributed by atoms with E-state index in [1.54, 1.807) is 18.2 Å². The van der Waals surface area contributed by atoms with E-state index < -0.39 is 0 Å².